The van der Waals surface area contributed by atoms with Crippen molar-refractivity contribution >= 4 is 9.84 Å². The van der Waals surface area contributed by atoms with Crippen molar-refractivity contribution in [3.8, 4) is 0 Å². The lowest BCUT2D eigenvalue weighted by Gasteiger charge is -2.15. The van der Waals surface area contributed by atoms with Crippen molar-refractivity contribution in [3.63, 3.8) is 0 Å². The smallest absolute Gasteiger partial charge is 0.309 e. The highest BCUT2D eigenvalue weighted by Crippen LogP contribution is 2.32. The highest BCUT2D eigenvalue weighted by atomic mass is 32.2. The maximum Gasteiger partial charge on any atom is 0.416 e. The summed E-state index contributed by atoms with van der Waals surface area (Å²) in [5, 5.41) is 2.78. The summed E-state index contributed by atoms with van der Waals surface area (Å²) in [7, 11) is -3.09. The molecule has 1 aromatic carbocycles. The number of rotatable bonds is 3. The molecule has 0 aliphatic carbocycles. The zero-order valence-corrected chi connectivity index (χ0v) is 11.2. The van der Waals surface area contributed by atoms with E-state index < -0.39 is 27.4 Å². The van der Waals surface area contributed by atoms with Gasteiger partial charge < -0.3 is 5.32 Å². The molecule has 0 amide bonds. The third-order valence-electron chi connectivity index (χ3n) is 3.19. The zero-order chi connectivity index (χ0) is 15.0. The number of benzene rings is 1. The molecular formula is C12H13F4NO2S. The molecule has 3 nitrogen and oxygen atoms in total. The van der Waals surface area contributed by atoms with Gasteiger partial charge in [-0.3, -0.25) is 0 Å². The monoisotopic (exact) mass is 311 g/mol. The first-order valence-corrected chi connectivity index (χ1v) is 7.79. The van der Waals surface area contributed by atoms with Crippen molar-refractivity contribution < 1.29 is 26.0 Å². The molecule has 1 aromatic rings. The number of halogens is 4. The number of alkyl halides is 3. The minimum absolute atomic E-state index is 0.0419. The molecule has 20 heavy (non-hydrogen) atoms. The van der Waals surface area contributed by atoms with Gasteiger partial charge >= 0.3 is 6.18 Å². The molecule has 1 unspecified atom stereocenters. The highest BCUT2D eigenvalue weighted by molar-refractivity contribution is 7.91. The molecule has 0 saturated carbocycles. The fourth-order valence-corrected chi connectivity index (χ4v) is 3.88. The van der Waals surface area contributed by atoms with Gasteiger partial charge in [-0.1, -0.05) is 6.07 Å². The van der Waals surface area contributed by atoms with Crippen LogP contribution in [-0.4, -0.2) is 26.0 Å². The summed E-state index contributed by atoms with van der Waals surface area (Å²) in [5.41, 5.74) is -1.13. The van der Waals surface area contributed by atoms with Crippen LogP contribution in [-0.2, 0) is 22.6 Å². The van der Waals surface area contributed by atoms with Crippen LogP contribution < -0.4 is 5.32 Å². The van der Waals surface area contributed by atoms with E-state index in [0.29, 0.717) is 12.5 Å². The molecule has 8 heteroatoms. The molecule has 112 valence electrons. The van der Waals surface area contributed by atoms with Crippen molar-refractivity contribution in [3.05, 3.63) is 35.1 Å². The van der Waals surface area contributed by atoms with Gasteiger partial charge in [-0.05, 0) is 24.1 Å². The second kappa shape index (κ2) is 5.33. The van der Waals surface area contributed by atoms with Gasteiger partial charge in [-0.25, -0.2) is 12.8 Å². The lowest BCUT2D eigenvalue weighted by atomic mass is 10.1. The fraction of sp³-hybridized carbons (Fsp3) is 0.500. The van der Waals surface area contributed by atoms with E-state index in [-0.39, 0.29) is 29.7 Å². The largest absolute Gasteiger partial charge is 0.416 e. The Labute approximate surface area is 113 Å². The summed E-state index contributed by atoms with van der Waals surface area (Å²) in [6.45, 7) is -0.144. The van der Waals surface area contributed by atoms with E-state index in [2.05, 4.69) is 5.32 Å². The maximum atomic E-state index is 12.9. The van der Waals surface area contributed by atoms with Crippen LogP contribution in [0.1, 0.15) is 17.5 Å². The average Bonchev–Trinajstić information content (AvgIpc) is 2.66. The third-order valence-corrected chi connectivity index (χ3v) is 4.96. The highest BCUT2D eigenvalue weighted by Gasteiger charge is 2.34. The predicted octanol–water partition coefficient (Wildman–Crippen LogP) is 2.12. The summed E-state index contributed by atoms with van der Waals surface area (Å²) in [4.78, 5) is 0. The molecule has 1 atom stereocenters. The average molecular weight is 311 g/mol. The molecule has 1 aliphatic rings. The standard InChI is InChI=1S/C12H13F4NO2S/c13-9-2-1-8(11(5-9)12(14,15)16)6-17-10-3-4-20(18,19)7-10/h1-2,5,10,17H,3-4,6-7H2. The number of nitrogens with one attached hydrogen (secondary N) is 1. The molecular weight excluding hydrogens is 298 g/mol. The Bertz CT molecular complexity index is 598. The van der Waals surface area contributed by atoms with Gasteiger partial charge in [0.15, 0.2) is 9.84 Å². The Morgan fingerprint density at radius 3 is 2.55 bits per heavy atom. The van der Waals surface area contributed by atoms with Crippen LogP contribution >= 0.6 is 0 Å². The van der Waals surface area contributed by atoms with Crippen molar-refractivity contribution in [2.45, 2.75) is 25.2 Å². The Balaban J connectivity index is 2.10. The molecule has 1 saturated heterocycles. The van der Waals surface area contributed by atoms with Crippen molar-refractivity contribution in [1.82, 2.24) is 5.32 Å². The van der Waals surface area contributed by atoms with E-state index in [1.54, 1.807) is 0 Å². The van der Waals surface area contributed by atoms with Crippen LogP contribution in [0.4, 0.5) is 17.6 Å². The molecule has 1 aliphatic heterocycles. The van der Waals surface area contributed by atoms with Gasteiger partial charge in [-0.15, -0.1) is 0 Å². The van der Waals surface area contributed by atoms with E-state index in [1.807, 2.05) is 0 Å². The van der Waals surface area contributed by atoms with Crippen LogP contribution in [0.2, 0.25) is 0 Å². The summed E-state index contributed by atoms with van der Waals surface area (Å²) in [6.07, 6.45) is -4.26. The summed E-state index contributed by atoms with van der Waals surface area (Å²) >= 11 is 0. The van der Waals surface area contributed by atoms with Crippen LogP contribution in [0.5, 0.6) is 0 Å². The quantitative estimate of drug-likeness (QED) is 0.870. The van der Waals surface area contributed by atoms with E-state index in [4.69, 9.17) is 0 Å². The fourth-order valence-electron chi connectivity index (χ4n) is 2.18. The van der Waals surface area contributed by atoms with E-state index in [0.717, 1.165) is 12.1 Å². The Morgan fingerprint density at radius 2 is 2.00 bits per heavy atom. The summed E-state index contributed by atoms with van der Waals surface area (Å²) < 4.78 is 73.7. The molecule has 1 fully saturated rings. The summed E-state index contributed by atoms with van der Waals surface area (Å²) in [6, 6.07) is 2.11. The molecule has 2 rings (SSSR count). The minimum Gasteiger partial charge on any atom is -0.309 e. The van der Waals surface area contributed by atoms with Crippen molar-refractivity contribution in [1.29, 1.82) is 0 Å². The van der Waals surface area contributed by atoms with Gasteiger partial charge in [0.05, 0.1) is 17.1 Å². The minimum atomic E-state index is -4.64. The third kappa shape index (κ3) is 3.69. The topological polar surface area (TPSA) is 46.2 Å². The lowest BCUT2D eigenvalue weighted by Crippen LogP contribution is -2.30. The first-order chi connectivity index (χ1) is 9.17. The SMILES string of the molecule is O=S1(=O)CCC(NCc2ccc(F)cc2C(F)(F)F)C1. The van der Waals surface area contributed by atoms with E-state index in [1.165, 1.54) is 0 Å². The summed E-state index contributed by atoms with van der Waals surface area (Å²) in [5.74, 6) is -0.986. The van der Waals surface area contributed by atoms with Crippen LogP contribution in [0, 0.1) is 5.82 Å². The first kappa shape index (κ1) is 15.2. The van der Waals surface area contributed by atoms with E-state index >= 15 is 0 Å². The van der Waals surface area contributed by atoms with Gasteiger partial charge in [-0.2, -0.15) is 13.2 Å². The Morgan fingerprint density at radius 1 is 1.30 bits per heavy atom. The second-order valence-electron chi connectivity index (χ2n) is 4.78. The van der Waals surface area contributed by atoms with Gasteiger partial charge in [0, 0.05) is 12.6 Å². The van der Waals surface area contributed by atoms with Crippen molar-refractivity contribution in [2.75, 3.05) is 11.5 Å². The zero-order valence-electron chi connectivity index (χ0n) is 10.4. The van der Waals surface area contributed by atoms with Gasteiger partial charge in [0.25, 0.3) is 0 Å². The Hall–Kier alpha value is -1.15. The molecule has 0 radical (unpaired) electrons. The van der Waals surface area contributed by atoms with Crippen LogP contribution in [0.3, 0.4) is 0 Å². The molecule has 0 bridgehead atoms. The molecule has 1 N–H and O–H groups in total. The second-order valence-corrected chi connectivity index (χ2v) is 7.01. The van der Waals surface area contributed by atoms with Gasteiger partial charge in [0.1, 0.15) is 5.82 Å². The van der Waals surface area contributed by atoms with Crippen LogP contribution in [0.25, 0.3) is 0 Å². The van der Waals surface area contributed by atoms with Gasteiger partial charge in [0.2, 0.25) is 0 Å². The molecule has 0 spiro atoms. The normalized spacial score (nSPS) is 22.1. The number of hydrogen-bond acceptors (Lipinski definition) is 3. The lowest BCUT2D eigenvalue weighted by molar-refractivity contribution is -0.138. The van der Waals surface area contributed by atoms with Crippen LogP contribution in [0.15, 0.2) is 18.2 Å². The maximum absolute atomic E-state index is 12.9. The number of hydrogen-bond donors (Lipinski definition) is 1. The number of sulfone groups is 1. The predicted molar refractivity (Wildman–Crippen MR) is 65.3 cm³/mol. The molecule has 0 aromatic heterocycles. The van der Waals surface area contributed by atoms with E-state index in [9.17, 15) is 26.0 Å². The Kier molecular flexibility index (Phi) is 4.06. The van der Waals surface area contributed by atoms with Crippen molar-refractivity contribution in [2.24, 2.45) is 0 Å². The molecule has 1 heterocycles. The first-order valence-electron chi connectivity index (χ1n) is 5.97.